The van der Waals surface area contributed by atoms with Crippen molar-refractivity contribution >= 4 is 11.7 Å². The van der Waals surface area contributed by atoms with Crippen molar-refractivity contribution in [2.45, 2.75) is 26.8 Å². The lowest BCUT2D eigenvalue weighted by molar-refractivity contribution is -0.121. The van der Waals surface area contributed by atoms with E-state index in [1.165, 1.54) is 5.56 Å². The van der Waals surface area contributed by atoms with Gasteiger partial charge in [0.15, 0.2) is 5.82 Å². The highest BCUT2D eigenvalue weighted by molar-refractivity contribution is 5.76. The predicted octanol–water partition coefficient (Wildman–Crippen LogP) is 2.41. The molecule has 0 fully saturated rings. The minimum absolute atomic E-state index is 0.0123. The first kappa shape index (κ1) is 14.1. The smallest absolute Gasteiger partial charge is 0.222 e. The molecule has 0 spiro atoms. The molecule has 0 radical (unpaired) electrons. The van der Waals surface area contributed by atoms with E-state index in [4.69, 9.17) is 4.52 Å². The second-order valence-electron chi connectivity index (χ2n) is 4.76. The molecule has 0 aliphatic rings. The largest absolute Gasteiger partial charge is 0.367 e. The molecule has 1 aromatic carbocycles. The van der Waals surface area contributed by atoms with Gasteiger partial charge in [0.05, 0.1) is 0 Å². The lowest BCUT2D eigenvalue weighted by atomic mass is 10.1. The first-order valence-corrected chi connectivity index (χ1v) is 6.63. The maximum absolute atomic E-state index is 11.7. The fourth-order valence-electron chi connectivity index (χ4n) is 1.75. The molecule has 0 unspecified atom stereocenters. The maximum atomic E-state index is 11.7. The van der Waals surface area contributed by atoms with Gasteiger partial charge in [-0.1, -0.05) is 35.0 Å². The first-order chi connectivity index (χ1) is 9.63. The van der Waals surface area contributed by atoms with Gasteiger partial charge in [0.25, 0.3) is 0 Å². The number of amides is 1. The zero-order chi connectivity index (χ0) is 14.4. The summed E-state index contributed by atoms with van der Waals surface area (Å²) in [6, 6.07) is 9.91. The Kier molecular flexibility index (Phi) is 4.76. The number of rotatable bonds is 6. The topological polar surface area (TPSA) is 67.2 Å². The molecule has 0 saturated heterocycles. The monoisotopic (exact) mass is 273 g/mol. The van der Waals surface area contributed by atoms with Gasteiger partial charge in [0, 0.05) is 25.6 Å². The zero-order valence-electron chi connectivity index (χ0n) is 11.8. The second-order valence-corrected chi connectivity index (χ2v) is 4.76. The summed E-state index contributed by atoms with van der Waals surface area (Å²) in [7, 11) is 0. The van der Waals surface area contributed by atoms with Crippen molar-refractivity contribution in [2.24, 2.45) is 0 Å². The molecule has 1 heterocycles. The Labute approximate surface area is 118 Å². The van der Waals surface area contributed by atoms with Crippen LogP contribution < -0.4 is 10.6 Å². The van der Waals surface area contributed by atoms with E-state index < -0.39 is 0 Å². The van der Waals surface area contributed by atoms with Gasteiger partial charge in [0.1, 0.15) is 5.76 Å². The van der Waals surface area contributed by atoms with Crippen molar-refractivity contribution < 1.29 is 9.32 Å². The van der Waals surface area contributed by atoms with E-state index in [0.29, 0.717) is 25.3 Å². The van der Waals surface area contributed by atoms with Crippen LogP contribution in [0.3, 0.4) is 0 Å². The van der Waals surface area contributed by atoms with E-state index >= 15 is 0 Å². The molecule has 5 heteroatoms. The molecule has 1 amide bonds. The highest BCUT2D eigenvalue weighted by Crippen LogP contribution is 2.06. The van der Waals surface area contributed by atoms with Crippen LogP contribution in [0.25, 0.3) is 0 Å². The quantitative estimate of drug-likeness (QED) is 0.848. The van der Waals surface area contributed by atoms with Crippen LogP contribution in [-0.4, -0.2) is 17.6 Å². The molecule has 5 nitrogen and oxygen atoms in total. The Bertz CT molecular complexity index is 561. The summed E-state index contributed by atoms with van der Waals surface area (Å²) in [6.07, 6.45) is 0.401. The van der Waals surface area contributed by atoms with Crippen LogP contribution >= 0.6 is 0 Å². The van der Waals surface area contributed by atoms with E-state index in [1.54, 1.807) is 6.07 Å². The van der Waals surface area contributed by atoms with Crippen molar-refractivity contribution in [1.29, 1.82) is 0 Å². The second kappa shape index (κ2) is 6.75. The average molecular weight is 273 g/mol. The number of carbonyl (C=O) groups is 1. The lowest BCUT2D eigenvalue weighted by Gasteiger charge is -2.06. The molecule has 0 atom stereocenters. The van der Waals surface area contributed by atoms with Crippen LogP contribution in [0.2, 0.25) is 0 Å². The highest BCUT2D eigenvalue weighted by Gasteiger charge is 2.03. The number of hydrogen-bond donors (Lipinski definition) is 2. The van der Waals surface area contributed by atoms with Crippen molar-refractivity contribution in [2.75, 3.05) is 11.9 Å². The van der Waals surface area contributed by atoms with Gasteiger partial charge in [-0.25, -0.2) is 0 Å². The van der Waals surface area contributed by atoms with Gasteiger partial charge in [-0.05, 0) is 19.4 Å². The minimum atomic E-state index is 0.0123. The van der Waals surface area contributed by atoms with Crippen molar-refractivity contribution in [3.63, 3.8) is 0 Å². The molecule has 20 heavy (non-hydrogen) atoms. The predicted molar refractivity (Wildman–Crippen MR) is 77.4 cm³/mol. The fraction of sp³-hybridized carbons (Fsp3) is 0.333. The molecule has 2 rings (SSSR count). The molecule has 0 aliphatic heterocycles. The molecule has 0 saturated carbocycles. The van der Waals surface area contributed by atoms with Crippen molar-refractivity contribution in [3.8, 4) is 0 Å². The molecule has 0 bridgehead atoms. The molecule has 106 valence electrons. The van der Waals surface area contributed by atoms with Gasteiger partial charge < -0.3 is 15.2 Å². The maximum Gasteiger partial charge on any atom is 0.222 e. The Morgan fingerprint density at radius 1 is 1.25 bits per heavy atom. The number of carbonyl (C=O) groups excluding carboxylic acids is 1. The Morgan fingerprint density at radius 3 is 2.65 bits per heavy atom. The highest BCUT2D eigenvalue weighted by atomic mass is 16.5. The molecular formula is C15H19N3O2. The Hall–Kier alpha value is -2.30. The van der Waals surface area contributed by atoms with Crippen LogP contribution in [0.5, 0.6) is 0 Å². The average Bonchev–Trinajstić information content (AvgIpc) is 2.84. The van der Waals surface area contributed by atoms with Crippen molar-refractivity contribution in [3.05, 3.63) is 47.2 Å². The number of nitrogens with zero attached hydrogens (tertiary/aromatic N) is 1. The number of anilines is 1. The van der Waals surface area contributed by atoms with Crippen LogP contribution in [0.1, 0.15) is 23.3 Å². The van der Waals surface area contributed by atoms with Gasteiger partial charge in [-0.2, -0.15) is 0 Å². The van der Waals surface area contributed by atoms with Crippen molar-refractivity contribution in [1.82, 2.24) is 10.5 Å². The van der Waals surface area contributed by atoms with Crippen LogP contribution in [0, 0.1) is 13.8 Å². The van der Waals surface area contributed by atoms with Crippen LogP contribution in [0.15, 0.2) is 34.9 Å². The van der Waals surface area contributed by atoms with E-state index in [2.05, 4.69) is 15.8 Å². The third-order valence-corrected chi connectivity index (χ3v) is 2.90. The summed E-state index contributed by atoms with van der Waals surface area (Å²) in [5.41, 5.74) is 2.32. The summed E-state index contributed by atoms with van der Waals surface area (Å²) >= 11 is 0. The summed E-state index contributed by atoms with van der Waals surface area (Å²) < 4.78 is 4.92. The number of hydrogen-bond acceptors (Lipinski definition) is 4. The standard InChI is InChI=1S/C15H19N3O2/c1-11-3-5-13(6-4-11)10-17-15(19)7-8-16-14-9-12(2)20-18-14/h3-6,9H,7-8,10H2,1-2H3,(H,16,18)(H,17,19). The summed E-state index contributed by atoms with van der Waals surface area (Å²) in [4.78, 5) is 11.7. The van der Waals surface area contributed by atoms with E-state index in [0.717, 1.165) is 11.3 Å². The first-order valence-electron chi connectivity index (χ1n) is 6.63. The van der Waals surface area contributed by atoms with Crippen LogP contribution in [-0.2, 0) is 11.3 Å². The third-order valence-electron chi connectivity index (χ3n) is 2.90. The minimum Gasteiger partial charge on any atom is -0.367 e. The zero-order valence-corrected chi connectivity index (χ0v) is 11.8. The van der Waals surface area contributed by atoms with Gasteiger partial charge >= 0.3 is 0 Å². The normalized spacial score (nSPS) is 10.3. The van der Waals surface area contributed by atoms with Gasteiger partial charge in [0.2, 0.25) is 5.91 Å². The molecular weight excluding hydrogens is 254 g/mol. The number of aryl methyl sites for hydroxylation is 2. The summed E-state index contributed by atoms with van der Waals surface area (Å²) in [6.45, 7) is 4.96. The molecule has 1 aromatic heterocycles. The van der Waals surface area contributed by atoms with E-state index in [9.17, 15) is 4.79 Å². The lowest BCUT2D eigenvalue weighted by Crippen LogP contribution is -2.24. The Balaban J connectivity index is 1.66. The summed E-state index contributed by atoms with van der Waals surface area (Å²) in [5.74, 6) is 1.42. The summed E-state index contributed by atoms with van der Waals surface area (Å²) in [5, 5.41) is 9.72. The molecule has 0 aliphatic carbocycles. The van der Waals surface area contributed by atoms with Gasteiger partial charge in [-0.15, -0.1) is 0 Å². The number of nitrogens with one attached hydrogen (secondary N) is 2. The number of aromatic nitrogens is 1. The fourth-order valence-corrected chi connectivity index (χ4v) is 1.75. The van der Waals surface area contributed by atoms with E-state index in [-0.39, 0.29) is 5.91 Å². The number of benzene rings is 1. The van der Waals surface area contributed by atoms with E-state index in [1.807, 2.05) is 38.1 Å². The SMILES string of the molecule is Cc1ccc(CNC(=O)CCNc2cc(C)on2)cc1. The molecule has 2 aromatic rings. The molecule has 2 N–H and O–H groups in total. The van der Waals surface area contributed by atoms with Crippen LogP contribution in [0.4, 0.5) is 5.82 Å². The van der Waals surface area contributed by atoms with Gasteiger partial charge in [-0.3, -0.25) is 4.79 Å². The third kappa shape index (κ3) is 4.42. The Morgan fingerprint density at radius 2 is 2.00 bits per heavy atom.